The minimum Gasteiger partial charge on any atom is -0.475 e. The van der Waals surface area contributed by atoms with Crippen molar-refractivity contribution in [2.75, 3.05) is 56.2 Å². The molecule has 0 spiro atoms. The number of ether oxygens (including phenoxy) is 1. The lowest BCUT2D eigenvalue weighted by Crippen LogP contribution is -2.55. The summed E-state index contributed by atoms with van der Waals surface area (Å²) in [7, 11) is 2.10. The third-order valence-corrected chi connectivity index (χ3v) is 10.1. The van der Waals surface area contributed by atoms with Gasteiger partial charge in [0, 0.05) is 43.5 Å². The first kappa shape index (κ1) is 30.9. The molecule has 45 heavy (non-hydrogen) atoms. The number of hydrogen-bond acceptors (Lipinski definition) is 8. The Morgan fingerprint density at radius 1 is 1.04 bits per heavy atom. The molecule has 9 nitrogen and oxygen atoms in total. The molecule has 1 amide bonds. The Labute approximate surface area is 265 Å². The van der Waals surface area contributed by atoms with Crippen molar-refractivity contribution in [3.63, 3.8) is 0 Å². The van der Waals surface area contributed by atoms with Crippen molar-refractivity contribution in [1.29, 1.82) is 10.5 Å². The fourth-order valence-electron chi connectivity index (χ4n) is 7.66. The van der Waals surface area contributed by atoms with Gasteiger partial charge in [0.25, 0.3) is 5.91 Å². The number of pyridine rings is 1. The van der Waals surface area contributed by atoms with Crippen LogP contribution in [0.5, 0.6) is 5.88 Å². The minimum atomic E-state index is -1.03. The quantitative estimate of drug-likeness (QED) is 0.329. The zero-order valence-electron chi connectivity index (χ0n) is 26.2. The van der Waals surface area contributed by atoms with E-state index in [1.54, 1.807) is 0 Å². The Balaban J connectivity index is 1.37. The first-order valence-corrected chi connectivity index (χ1v) is 16.3. The van der Waals surface area contributed by atoms with Crippen LogP contribution in [-0.4, -0.2) is 79.2 Å². The second-order valence-electron chi connectivity index (χ2n) is 12.8. The molecule has 6 rings (SSSR count). The third-order valence-electron chi connectivity index (χ3n) is 10.1. The van der Waals surface area contributed by atoms with E-state index in [2.05, 4.69) is 58.7 Å². The monoisotopic (exact) mass is 611 g/mol. The number of piperazine rings is 1. The first-order chi connectivity index (χ1) is 21.9. The number of aromatic nitrogens is 1. The van der Waals surface area contributed by atoms with E-state index in [0.717, 1.165) is 55.7 Å². The number of likely N-dealkylation sites (N-methyl/N-ethyl adjacent to an activating group) is 1. The molecule has 1 aliphatic carbocycles. The van der Waals surface area contributed by atoms with Gasteiger partial charge in [0.05, 0.1) is 36.5 Å². The fourth-order valence-corrected chi connectivity index (χ4v) is 7.66. The highest BCUT2D eigenvalue weighted by Crippen LogP contribution is 2.40. The smallest absolute Gasteiger partial charge is 0.282 e. The summed E-state index contributed by atoms with van der Waals surface area (Å²) < 4.78 is 20.3. The van der Waals surface area contributed by atoms with Gasteiger partial charge in [-0.25, -0.2) is 9.37 Å². The number of rotatable bonds is 7. The Morgan fingerprint density at radius 2 is 1.89 bits per heavy atom. The third kappa shape index (κ3) is 6.21. The van der Waals surface area contributed by atoms with Gasteiger partial charge in [0.2, 0.25) is 5.88 Å². The van der Waals surface area contributed by atoms with Crippen LogP contribution in [-0.2, 0) is 30.6 Å². The van der Waals surface area contributed by atoms with Gasteiger partial charge in [-0.05, 0) is 75.7 Å². The first-order valence-electron chi connectivity index (χ1n) is 16.3. The van der Waals surface area contributed by atoms with Gasteiger partial charge < -0.3 is 24.3 Å². The minimum absolute atomic E-state index is 0.0505. The zero-order chi connectivity index (χ0) is 31.5. The molecule has 236 valence electrons. The summed E-state index contributed by atoms with van der Waals surface area (Å²) in [6.07, 6.45) is 8.77. The van der Waals surface area contributed by atoms with E-state index in [4.69, 9.17) is 9.72 Å². The molecular weight excluding hydrogens is 569 g/mol. The van der Waals surface area contributed by atoms with Crippen molar-refractivity contribution < 1.29 is 13.9 Å². The van der Waals surface area contributed by atoms with Crippen LogP contribution in [0.15, 0.2) is 30.6 Å². The summed E-state index contributed by atoms with van der Waals surface area (Å²) >= 11 is 0. The van der Waals surface area contributed by atoms with Crippen LogP contribution in [0.25, 0.3) is 0 Å². The molecule has 0 bridgehead atoms. The summed E-state index contributed by atoms with van der Waals surface area (Å²) in [6, 6.07) is 11.0. The van der Waals surface area contributed by atoms with Crippen LogP contribution in [0.2, 0.25) is 0 Å². The average molecular weight is 612 g/mol. The van der Waals surface area contributed by atoms with Crippen LogP contribution in [0, 0.1) is 22.7 Å². The van der Waals surface area contributed by atoms with Crippen molar-refractivity contribution in [3.8, 4) is 18.0 Å². The van der Waals surface area contributed by atoms with Gasteiger partial charge in [0.1, 0.15) is 18.2 Å². The number of amides is 1. The predicted molar refractivity (Wildman–Crippen MR) is 171 cm³/mol. The van der Waals surface area contributed by atoms with Crippen LogP contribution in [0.1, 0.15) is 66.5 Å². The number of nitriles is 2. The van der Waals surface area contributed by atoms with Gasteiger partial charge >= 0.3 is 0 Å². The Bertz CT molecular complexity index is 1550. The summed E-state index contributed by atoms with van der Waals surface area (Å²) in [5.74, 6) is -1.47. The van der Waals surface area contributed by atoms with Crippen molar-refractivity contribution in [3.05, 3.63) is 58.6 Å². The van der Waals surface area contributed by atoms with Gasteiger partial charge in [-0.15, -0.1) is 0 Å². The van der Waals surface area contributed by atoms with E-state index >= 15 is 0 Å². The SMILES string of the molecule is C=C(F)C(=O)N1CCN(c2c(C#N)c(OC[C@@H]3CCCN3C)nc3c2CCN(c2cccc4c2CCCCC4)C3)C[C@@H]1CC#N. The highest BCUT2D eigenvalue weighted by molar-refractivity contribution is 5.91. The molecule has 1 aromatic carbocycles. The summed E-state index contributed by atoms with van der Waals surface area (Å²) in [4.78, 5) is 25.8. The molecule has 2 atom stereocenters. The number of carbonyl (C=O) groups excluding carboxylic acids is 1. The molecule has 0 unspecified atom stereocenters. The lowest BCUT2D eigenvalue weighted by atomic mass is 9.95. The second-order valence-corrected chi connectivity index (χ2v) is 12.8. The topological polar surface area (TPSA) is 99.7 Å². The van der Waals surface area contributed by atoms with Crippen LogP contribution in [0.4, 0.5) is 15.8 Å². The number of benzene rings is 1. The molecule has 10 heteroatoms. The maximum atomic E-state index is 13.9. The molecule has 2 aromatic rings. The van der Waals surface area contributed by atoms with Gasteiger partial charge in [-0.3, -0.25) is 4.79 Å². The van der Waals surface area contributed by atoms with Gasteiger partial charge in [-0.1, -0.05) is 25.1 Å². The van der Waals surface area contributed by atoms with E-state index in [9.17, 15) is 19.7 Å². The van der Waals surface area contributed by atoms with E-state index in [-0.39, 0.29) is 19.0 Å². The summed E-state index contributed by atoms with van der Waals surface area (Å²) in [6.45, 7) is 6.98. The molecule has 2 fully saturated rings. The number of fused-ring (bicyclic) bond motifs is 2. The van der Waals surface area contributed by atoms with Gasteiger partial charge in [-0.2, -0.15) is 10.5 Å². The number of hydrogen-bond donors (Lipinski definition) is 0. The van der Waals surface area contributed by atoms with Crippen LogP contribution in [0.3, 0.4) is 0 Å². The van der Waals surface area contributed by atoms with E-state index in [1.165, 1.54) is 41.0 Å². The number of carbonyl (C=O) groups is 1. The standard InChI is InChI=1S/C35H42FN7O2/c1-24(36)35(44)43-19-18-42(21-26(43)13-15-37)33-29-14-17-41(32-12-6-9-25-8-4-3-5-11-28(25)32)22-31(29)39-34(30(33)20-38)45-23-27-10-7-16-40(27)2/h6,9,12,26-27H,1,3-5,7-8,10-11,13-14,16-19,21-23H2,2H3/t26-,27-/m0/s1. The van der Waals surface area contributed by atoms with Crippen molar-refractivity contribution in [2.45, 2.75) is 76.4 Å². The summed E-state index contributed by atoms with van der Waals surface area (Å²) in [5.41, 5.74) is 7.24. The van der Waals surface area contributed by atoms with Crippen molar-refractivity contribution in [2.24, 2.45) is 0 Å². The molecule has 3 aliphatic heterocycles. The normalized spacial score (nSPS) is 21.7. The number of halogens is 1. The highest BCUT2D eigenvalue weighted by Gasteiger charge is 2.36. The molecule has 0 saturated carbocycles. The Hall–Kier alpha value is -4.15. The number of aryl methyl sites for hydroxylation is 1. The predicted octanol–water partition coefficient (Wildman–Crippen LogP) is 4.67. The van der Waals surface area contributed by atoms with Crippen LogP contribution < -0.4 is 14.5 Å². The zero-order valence-corrected chi connectivity index (χ0v) is 26.2. The van der Waals surface area contributed by atoms with E-state index in [0.29, 0.717) is 44.1 Å². The Kier molecular flexibility index (Phi) is 9.23. The molecule has 4 aliphatic rings. The molecule has 0 radical (unpaired) electrons. The molecule has 1 aromatic heterocycles. The molecular formula is C35H42FN7O2. The summed E-state index contributed by atoms with van der Waals surface area (Å²) in [5, 5.41) is 20.1. The van der Waals surface area contributed by atoms with E-state index in [1.807, 2.05) is 0 Å². The highest BCUT2D eigenvalue weighted by atomic mass is 19.1. The number of likely N-dealkylation sites (tertiary alicyclic amines) is 1. The van der Waals surface area contributed by atoms with Crippen LogP contribution >= 0.6 is 0 Å². The average Bonchev–Trinajstić information content (AvgIpc) is 3.30. The lowest BCUT2D eigenvalue weighted by Gasteiger charge is -2.43. The van der Waals surface area contributed by atoms with Crippen molar-refractivity contribution >= 4 is 17.3 Å². The number of anilines is 2. The number of nitrogens with zero attached hydrogens (tertiary/aromatic N) is 7. The molecule has 0 N–H and O–H groups in total. The second kappa shape index (κ2) is 13.5. The lowest BCUT2D eigenvalue weighted by molar-refractivity contribution is -0.131. The largest absolute Gasteiger partial charge is 0.475 e. The van der Waals surface area contributed by atoms with E-state index < -0.39 is 17.8 Å². The molecule has 4 heterocycles. The van der Waals surface area contributed by atoms with Gasteiger partial charge in [0.15, 0.2) is 5.83 Å². The Morgan fingerprint density at radius 3 is 2.64 bits per heavy atom. The fraction of sp³-hybridized carbons (Fsp3) is 0.543. The molecule has 2 saturated heterocycles. The van der Waals surface area contributed by atoms with Crippen molar-refractivity contribution in [1.82, 2.24) is 14.8 Å². The maximum Gasteiger partial charge on any atom is 0.282 e. The maximum absolute atomic E-state index is 13.9.